The van der Waals surface area contributed by atoms with Gasteiger partial charge in [0.25, 0.3) is 0 Å². The lowest BCUT2D eigenvalue weighted by Gasteiger charge is -2.21. The molecule has 0 bridgehead atoms. The molecule has 0 atom stereocenters. The van der Waals surface area contributed by atoms with Crippen molar-refractivity contribution >= 4 is 40.1 Å². The predicted molar refractivity (Wildman–Crippen MR) is 85.3 cm³/mol. The van der Waals surface area contributed by atoms with E-state index in [2.05, 4.69) is 52.1 Å². The maximum Gasteiger partial charge on any atom is 0.102 e. The van der Waals surface area contributed by atoms with E-state index in [0.29, 0.717) is 0 Å². The first-order valence-corrected chi connectivity index (χ1v) is 7.55. The maximum absolute atomic E-state index is 4.50. The Labute approximate surface area is 123 Å². The van der Waals surface area contributed by atoms with Crippen LogP contribution in [0.25, 0.3) is 0 Å². The Kier molecular flexibility index (Phi) is 6.75. The van der Waals surface area contributed by atoms with Gasteiger partial charge in [-0.05, 0) is 30.7 Å². The lowest BCUT2D eigenvalue weighted by atomic mass is 10.2. The van der Waals surface area contributed by atoms with Crippen LogP contribution in [-0.2, 0) is 0 Å². The molecule has 0 saturated heterocycles. The fourth-order valence-electron chi connectivity index (χ4n) is 1.45. The van der Waals surface area contributed by atoms with E-state index in [-0.39, 0.29) is 0 Å². The third-order valence-electron chi connectivity index (χ3n) is 2.47. The zero-order valence-electron chi connectivity index (χ0n) is 11.4. The molecular weight excluding hydrogens is 310 g/mol. The van der Waals surface area contributed by atoms with Crippen LogP contribution < -0.4 is 0 Å². The topological polar surface area (TPSA) is 18.8 Å². The smallest absolute Gasteiger partial charge is 0.102 e. The first-order chi connectivity index (χ1) is 8.56. The summed E-state index contributed by atoms with van der Waals surface area (Å²) in [5.74, 6) is 0. The molecule has 0 aliphatic heterocycles. The number of nitrogens with zero attached hydrogens (tertiary/aromatic N) is 3. The first kappa shape index (κ1) is 15.5. The van der Waals surface area contributed by atoms with Crippen LogP contribution in [0.1, 0.15) is 19.4 Å². The molecule has 0 saturated carbocycles. The van der Waals surface area contributed by atoms with Crippen LogP contribution in [0.4, 0.5) is 5.69 Å². The Morgan fingerprint density at radius 3 is 2.56 bits per heavy atom. The molecule has 0 aliphatic rings. The van der Waals surface area contributed by atoms with Crippen LogP contribution in [0.2, 0.25) is 0 Å². The molecule has 0 N–H and O–H groups in total. The standard InChI is InChI=1S/C13H20BrN3S/c1-5-17(6-2)18-16(4)10-15-13-8-7-12(14)9-11(13)3/h7-10H,5-6H2,1-4H3. The minimum absolute atomic E-state index is 1.00. The number of hydrogen-bond donors (Lipinski definition) is 0. The molecule has 0 radical (unpaired) electrons. The maximum atomic E-state index is 4.50. The summed E-state index contributed by atoms with van der Waals surface area (Å²) in [6.07, 6.45) is 1.86. The van der Waals surface area contributed by atoms with Gasteiger partial charge in [0, 0.05) is 36.7 Å². The van der Waals surface area contributed by atoms with E-state index in [1.54, 1.807) is 12.1 Å². The van der Waals surface area contributed by atoms with Crippen molar-refractivity contribution in [3.63, 3.8) is 0 Å². The summed E-state index contributed by atoms with van der Waals surface area (Å²) >= 11 is 5.14. The normalized spacial score (nSPS) is 11.4. The molecule has 0 unspecified atom stereocenters. The lowest BCUT2D eigenvalue weighted by molar-refractivity contribution is 0.511. The summed E-state index contributed by atoms with van der Waals surface area (Å²) in [5.41, 5.74) is 2.17. The molecule has 5 heteroatoms. The van der Waals surface area contributed by atoms with E-state index < -0.39 is 0 Å². The molecule has 0 aromatic heterocycles. The summed E-state index contributed by atoms with van der Waals surface area (Å²) in [6.45, 7) is 8.42. The summed E-state index contributed by atoms with van der Waals surface area (Å²) in [4.78, 5) is 4.50. The first-order valence-electron chi connectivity index (χ1n) is 6.03. The third-order valence-corrected chi connectivity index (χ3v) is 4.06. The van der Waals surface area contributed by atoms with Gasteiger partial charge in [-0.15, -0.1) is 0 Å². The highest BCUT2D eigenvalue weighted by Gasteiger charge is 2.02. The highest BCUT2D eigenvalue weighted by Crippen LogP contribution is 2.22. The zero-order valence-corrected chi connectivity index (χ0v) is 13.8. The molecule has 3 nitrogen and oxygen atoms in total. The number of halogens is 1. The molecule has 0 fully saturated rings. The highest BCUT2D eigenvalue weighted by atomic mass is 79.9. The zero-order chi connectivity index (χ0) is 13.5. The van der Waals surface area contributed by atoms with Gasteiger partial charge in [-0.2, -0.15) is 0 Å². The third kappa shape index (κ3) is 5.00. The Bertz CT molecular complexity index is 405. The van der Waals surface area contributed by atoms with Crippen LogP contribution in [0.3, 0.4) is 0 Å². The second-order valence-corrected chi connectivity index (χ2v) is 6.09. The molecule has 1 aromatic carbocycles. The number of aryl methyl sites for hydroxylation is 1. The van der Waals surface area contributed by atoms with Crippen molar-refractivity contribution in [3.8, 4) is 0 Å². The molecule has 100 valence electrons. The Morgan fingerprint density at radius 1 is 1.33 bits per heavy atom. The van der Waals surface area contributed by atoms with Crippen molar-refractivity contribution in [2.45, 2.75) is 20.8 Å². The summed E-state index contributed by atoms with van der Waals surface area (Å²) in [5, 5.41) is 0. The van der Waals surface area contributed by atoms with Crippen LogP contribution in [0.5, 0.6) is 0 Å². The van der Waals surface area contributed by atoms with Crippen molar-refractivity contribution in [2.24, 2.45) is 4.99 Å². The molecule has 0 aliphatic carbocycles. The van der Waals surface area contributed by atoms with E-state index in [0.717, 1.165) is 23.2 Å². The number of hydrogen-bond acceptors (Lipinski definition) is 3. The summed E-state index contributed by atoms with van der Waals surface area (Å²) in [6, 6.07) is 6.10. The molecule has 18 heavy (non-hydrogen) atoms. The SMILES string of the molecule is CCN(CC)SN(C)C=Nc1ccc(Br)cc1C. The molecule has 0 heterocycles. The minimum Gasteiger partial charge on any atom is -0.297 e. The van der Waals surface area contributed by atoms with Gasteiger partial charge in [0.15, 0.2) is 0 Å². The fourth-order valence-corrected chi connectivity index (χ4v) is 2.61. The number of benzene rings is 1. The molecule has 0 amide bonds. The van der Waals surface area contributed by atoms with Crippen molar-refractivity contribution in [3.05, 3.63) is 28.2 Å². The second kappa shape index (κ2) is 7.81. The average Bonchev–Trinajstić information content (AvgIpc) is 2.35. The molecule has 0 spiro atoms. The van der Waals surface area contributed by atoms with Gasteiger partial charge < -0.3 is 0 Å². The van der Waals surface area contributed by atoms with Gasteiger partial charge >= 0.3 is 0 Å². The predicted octanol–water partition coefficient (Wildman–Crippen LogP) is 4.25. The van der Waals surface area contributed by atoms with Crippen molar-refractivity contribution in [2.75, 3.05) is 20.1 Å². The second-order valence-electron chi connectivity index (χ2n) is 3.92. The average molecular weight is 330 g/mol. The van der Waals surface area contributed by atoms with Gasteiger partial charge in [-0.1, -0.05) is 29.8 Å². The van der Waals surface area contributed by atoms with Gasteiger partial charge in [0.2, 0.25) is 0 Å². The lowest BCUT2D eigenvalue weighted by Crippen LogP contribution is -2.21. The fraction of sp³-hybridized carbons (Fsp3) is 0.462. The van der Waals surface area contributed by atoms with E-state index in [1.807, 2.05) is 29.8 Å². The van der Waals surface area contributed by atoms with Crippen molar-refractivity contribution in [1.82, 2.24) is 8.61 Å². The molecular formula is C13H20BrN3S. The van der Waals surface area contributed by atoms with Crippen molar-refractivity contribution in [1.29, 1.82) is 0 Å². The van der Waals surface area contributed by atoms with Gasteiger partial charge in [0.1, 0.15) is 6.34 Å². The summed E-state index contributed by atoms with van der Waals surface area (Å²) in [7, 11) is 2.01. The summed E-state index contributed by atoms with van der Waals surface area (Å²) < 4.78 is 5.37. The van der Waals surface area contributed by atoms with E-state index in [1.165, 1.54) is 5.56 Å². The quantitative estimate of drug-likeness (QED) is 0.441. The van der Waals surface area contributed by atoms with Crippen LogP contribution >= 0.6 is 28.1 Å². The monoisotopic (exact) mass is 329 g/mol. The van der Waals surface area contributed by atoms with Gasteiger partial charge in [-0.3, -0.25) is 4.31 Å². The Hall–Kier alpha value is -0.520. The molecule has 1 aromatic rings. The van der Waals surface area contributed by atoms with Crippen LogP contribution in [-0.4, -0.2) is 35.1 Å². The number of aliphatic imine (C=N–C) groups is 1. The molecule has 1 rings (SSSR count). The Balaban J connectivity index is 2.62. The highest BCUT2D eigenvalue weighted by molar-refractivity contribution is 9.10. The van der Waals surface area contributed by atoms with Crippen LogP contribution in [0, 0.1) is 6.92 Å². The number of rotatable bonds is 6. The van der Waals surface area contributed by atoms with Crippen LogP contribution in [0.15, 0.2) is 27.7 Å². The Morgan fingerprint density at radius 2 is 2.00 bits per heavy atom. The van der Waals surface area contributed by atoms with E-state index >= 15 is 0 Å². The van der Waals surface area contributed by atoms with Gasteiger partial charge in [0.05, 0.1) is 5.69 Å². The van der Waals surface area contributed by atoms with E-state index in [9.17, 15) is 0 Å². The van der Waals surface area contributed by atoms with E-state index in [4.69, 9.17) is 0 Å². The largest absolute Gasteiger partial charge is 0.297 e. The minimum atomic E-state index is 1.00. The van der Waals surface area contributed by atoms with Gasteiger partial charge in [-0.25, -0.2) is 9.30 Å². The van der Waals surface area contributed by atoms with Crippen molar-refractivity contribution < 1.29 is 0 Å².